The Labute approximate surface area is 392 Å². The summed E-state index contributed by atoms with van der Waals surface area (Å²) in [4.78, 5) is 55.5. The molecule has 11 nitrogen and oxygen atoms in total. The van der Waals surface area contributed by atoms with Crippen LogP contribution < -0.4 is 0 Å². The molecule has 0 aromatic carbocycles. The number of esters is 2. The van der Waals surface area contributed by atoms with Gasteiger partial charge < -0.3 is 33.9 Å². The van der Waals surface area contributed by atoms with Crippen molar-refractivity contribution in [2.75, 3.05) is 53.6 Å². The Morgan fingerprint density at radius 2 is 0.875 bits per heavy atom. The molecule has 1 aliphatic heterocycles. The highest BCUT2D eigenvalue weighted by Gasteiger charge is 2.40. The van der Waals surface area contributed by atoms with Gasteiger partial charge in [-0.25, -0.2) is 0 Å². The minimum Gasteiger partial charge on any atom is -0.464 e. The smallest absolute Gasteiger partial charge is 0.325 e. The Bertz CT molecular complexity index is 1090. The lowest BCUT2D eigenvalue weighted by atomic mass is 9.93. The molecule has 1 rings (SSSR count). The number of carbonyl (C=O) groups excluding carboxylic acids is 4. The second-order valence-corrected chi connectivity index (χ2v) is 19.1. The Kier molecular flexibility index (Phi) is 37.3. The van der Waals surface area contributed by atoms with E-state index in [1.807, 2.05) is 0 Å². The van der Waals surface area contributed by atoms with E-state index in [1.165, 1.54) is 77.0 Å². The molecule has 0 saturated carbocycles. The van der Waals surface area contributed by atoms with E-state index < -0.39 is 5.79 Å². The average molecular weight is 909 g/mol. The molecular weight excluding hydrogens is 809 g/mol. The number of aliphatic hydroxyl groups excluding tert-OH is 1. The number of rotatable bonds is 44. The van der Waals surface area contributed by atoms with Crippen LogP contribution in [0, 0.1) is 11.8 Å². The summed E-state index contributed by atoms with van der Waals surface area (Å²) in [6, 6.07) is 0. The van der Waals surface area contributed by atoms with Gasteiger partial charge in [-0.05, 0) is 70.6 Å². The SMILES string of the molecule is CCCCCCCCC(CCCCCC)C(=O)N(C)CC(=O)OCCCCCC1(CCCCCOC(=O)CN(C)C(=O)C(CCCCCC)CCCCCCCC)OCC(CCO)O1. The molecule has 0 aromatic rings. The number of hydrogen-bond donors (Lipinski definition) is 1. The minimum atomic E-state index is -0.718. The van der Waals surface area contributed by atoms with Gasteiger partial charge in [-0.3, -0.25) is 19.2 Å². The van der Waals surface area contributed by atoms with Crippen LogP contribution in [0.3, 0.4) is 0 Å². The van der Waals surface area contributed by atoms with Crippen molar-refractivity contribution in [3.63, 3.8) is 0 Å². The Morgan fingerprint density at radius 1 is 0.531 bits per heavy atom. The van der Waals surface area contributed by atoms with E-state index in [0.29, 0.717) is 51.9 Å². The van der Waals surface area contributed by atoms with E-state index >= 15 is 0 Å². The fraction of sp³-hybridized carbons (Fsp3) is 0.925. The Hall–Kier alpha value is -2.24. The number of ether oxygens (including phenoxy) is 4. The molecule has 0 radical (unpaired) electrons. The van der Waals surface area contributed by atoms with E-state index in [0.717, 1.165) is 103 Å². The number of likely N-dealkylation sites (N-methyl/N-ethyl adjacent to an activating group) is 2. The topological polar surface area (TPSA) is 132 Å². The molecule has 1 aliphatic rings. The maximum atomic E-state index is 13.4. The normalized spacial score (nSPS) is 17.0. The maximum absolute atomic E-state index is 13.4. The van der Waals surface area contributed by atoms with Crippen molar-refractivity contribution in [2.45, 2.75) is 251 Å². The number of carbonyl (C=O) groups is 4. The van der Waals surface area contributed by atoms with Gasteiger partial charge in [0.15, 0.2) is 5.79 Å². The van der Waals surface area contributed by atoms with E-state index in [9.17, 15) is 24.3 Å². The van der Waals surface area contributed by atoms with Gasteiger partial charge in [0.1, 0.15) is 13.1 Å². The van der Waals surface area contributed by atoms with Crippen molar-refractivity contribution in [1.29, 1.82) is 0 Å². The molecule has 1 heterocycles. The third-order valence-electron chi connectivity index (χ3n) is 13.1. The van der Waals surface area contributed by atoms with Crippen LogP contribution in [0.5, 0.6) is 0 Å². The number of aliphatic hydroxyl groups is 1. The van der Waals surface area contributed by atoms with Crippen LogP contribution in [0.15, 0.2) is 0 Å². The number of unbranched alkanes of at least 4 members (excludes halogenated alkanes) is 20. The van der Waals surface area contributed by atoms with Crippen molar-refractivity contribution in [2.24, 2.45) is 11.8 Å². The second kappa shape index (κ2) is 39.9. The lowest BCUT2D eigenvalue weighted by Gasteiger charge is -2.28. The van der Waals surface area contributed by atoms with Crippen molar-refractivity contribution in [3.05, 3.63) is 0 Å². The van der Waals surface area contributed by atoms with Crippen LogP contribution in [-0.4, -0.2) is 104 Å². The second-order valence-electron chi connectivity index (χ2n) is 19.1. The molecule has 3 unspecified atom stereocenters. The van der Waals surface area contributed by atoms with Gasteiger partial charge in [0.05, 0.1) is 25.9 Å². The molecule has 2 amide bonds. The molecule has 3 atom stereocenters. The highest BCUT2D eigenvalue weighted by Crippen LogP contribution is 2.35. The van der Waals surface area contributed by atoms with E-state index in [1.54, 1.807) is 23.9 Å². The summed E-state index contributed by atoms with van der Waals surface area (Å²) in [7, 11) is 3.46. The van der Waals surface area contributed by atoms with Crippen molar-refractivity contribution >= 4 is 23.8 Å². The fourth-order valence-corrected chi connectivity index (χ4v) is 9.03. The zero-order valence-corrected chi connectivity index (χ0v) is 42.4. The monoisotopic (exact) mass is 909 g/mol. The van der Waals surface area contributed by atoms with Crippen LogP contribution in [0.1, 0.15) is 240 Å². The first-order chi connectivity index (χ1) is 31.1. The number of amides is 2. The summed E-state index contributed by atoms with van der Waals surface area (Å²) < 4.78 is 23.8. The van der Waals surface area contributed by atoms with Gasteiger partial charge in [-0.1, -0.05) is 156 Å². The third-order valence-corrected chi connectivity index (χ3v) is 13.1. The molecule has 0 spiro atoms. The predicted molar refractivity (Wildman–Crippen MR) is 260 cm³/mol. The lowest BCUT2D eigenvalue weighted by Crippen LogP contribution is -2.37. The standard InChI is InChI=1S/C53H100N2O9/c1-7-11-15-19-21-27-35-46(33-25-17-13-9-3)51(59)54(5)43-49(57)61-41-31-23-29-38-53(63-45-48(64-53)37-40-56)39-30-24-32-42-62-50(58)44-55(6)52(60)47(34-26-18-14-10-4)36-28-22-20-16-12-8-2/h46-48,56H,7-45H2,1-6H3. The van der Waals surface area contributed by atoms with Gasteiger partial charge in [-0.2, -0.15) is 0 Å². The highest BCUT2D eigenvalue weighted by molar-refractivity contribution is 5.84. The molecular formula is C53H100N2O9. The third kappa shape index (κ3) is 29.4. The van der Waals surface area contributed by atoms with Gasteiger partial charge in [0, 0.05) is 45.4 Å². The predicted octanol–water partition coefficient (Wildman–Crippen LogP) is 12.3. The van der Waals surface area contributed by atoms with Crippen molar-refractivity contribution < 1.29 is 43.2 Å². The first kappa shape index (κ1) is 59.8. The Morgan fingerprint density at radius 3 is 1.25 bits per heavy atom. The quantitative estimate of drug-likeness (QED) is 0.0469. The molecule has 0 aliphatic carbocycles. The Balaban J connectivity index is 2.47. The number of hydrogen-bond acceptors (Lipinski definition) is 9. The van der Waals surface area contributed by atoms with Crippen LogP contribution in [-0.2, 0) is 38.1 Å². The highest BCUT2D eigenvalue weighted by atomic mass is 16.7. The van der Waals surface area contributed by atoms with Gasteiger partial charge in [0.25, 0.3) is 0 Å². The molecule has 1 N–H and O–H groups in total. The summed E-state index contributed by atoms with van der Waals surface area (Å²) in [6.45, 7) is 9.91. The van der Waals surface area contributed by atoms with Gasteiger partial charge in [0.2, 0.25) is 11.8 Å². The van der Waals surface area contributed by atoms with E-state index in [-0.39, 0.29) is 61.4 Å². The molecule has 0 aromatic heterocycles. The molecule has 64 heavy (non-hydrogen) atoms. The van der Waals surface area contributed by atoms with E-state index in [4.69, 9.17) is 18.9 Å². The van der Waals surface area contributed by atoms with E-state index in [2.05, 4.69) is 27.7 Å². The van der Waals surface area contributed by atoms with Crippen molar-refractivity contribution in [1.82, 2.24) is 9.80 Å². The molecule has 11 heteroatoms. The molecule has 1 saturated heterocycles. The van der Waals surface area contributed by atoms with Crippen LogP contribution in [0.4, 0.5) is 0 Å². The van der Waals surface area contributed by atoms with Crippen LogP contribution >= 0.6 is 0 Å². The van der Waals surface area contributed by atoms with Crippen LogP contribution in [0.2, 0.25) is 0 Å². The fourth-order valence-electron chi connectivity index (χ4n) is 9.03. The summed E-state index contributed by atoms with van der Waals surface area (Å²) in [6.07, 6.45) is 33.6. The van der Waals surface area contributed by atoms with Crippen molar-refractivity contribution in [3.8, 4) is 0 Å². The summed E-state index contributed by atoms with van der Waals surface area (Å²) in [5, 5.41) is 9.53. The van der Waals surface area contributed by atoms with Gasteiger partial charge >= 0.3 is 11.9 Å². The minimum absolute atomic E-state index is 0.0210. The largest absolute Gasteiger partial charge is 0.464 e. The van der Waals surface area contributed by atoms with Gasteiger partial charge in [-0.15, -0.1) is 0 Å². The maximum Gasteiger partial charge on any atom is 0.325 e. The summed E-state index contributed by atoms with van der Waals surface area (Å²) >= 11 is 0. The average Bonchev–Trinajstić information content (AvgIpc) is 3.68. The molecule has 376 valence electrons. The first-order valence-electron chi connectivity index (χ1n) is 26.8. The zero-order chi connectivity index (χ0) is 47.1. The number of nitrogens with zero attached hydrogens (tertiary/aromatic N) is 2. The lowest BCUT2D eigenvalue weighted by molar-refractivity contribution is -0.180. The summed E-state index contributed by atoms with van der Waals surface area (Å²) in [5.41, 5.74) is 0. The first-order valence-corrected chi connectivity index (χ1v) is 26.8. The molecule has 1 fully saturated rings. The molecule has 0 bridgehead atoms. The zero-order valence-electron chi connectivity index (χ0n) is 42.4. The summed E-state index contributed by atoms with van der Waals surface area (Å²) in [5.74, 6) is -1.37. The van der Waals surface area contributed by atoms with Crippen LogP contribution in [0.25, 0.3) is 0 Å².